The summed E-state index contributed by atoms with van der Waals surface area (Å²) < 4.78 is 22.1. The summed E-state index contributed by atoms with van der Waals surface area (Å²) in [7, 11) is -2.75. The third kappa shape index (κ3) is 8.91. The number of halogens is 1. The summed E-state index contributed by atoms with van der Waals surface area (Å²) in [6.07, 6.45) is 1.77. The Balaban J connectivity index is 3.26. The van der Waals surface area contributed by atoms with Crippen molar-refractivity contribution in [3.05, 3.63) is 0 Å². The van der Waals surface area contributed by atoms with E-state index in [1.807, 2.05) is 0 Å². The highest BCUT2D eigenvalue weighted by Gasteiger charge is 2.05. The number of thioether (sulfide) groups is 1. The van der Waals surface area contributed by atoms with Crippen molar-refractivity contribution in [3.8, 4) is 0 Å². The fourth-order valence-corrected chi connectivity index (χ4v) is 3.03. The van der Waals surface area contributed by atoms with Crippen molar-refractivity contribution in [2.45, 2.75) is 19.8 Å². The van der Waals surface area contributed by atoms with Crippen molar-refractivity contribution in [2.75, 3.05) is 28.9 Å². The van der Waals surface area contributed by atoms with Gasteiger partial charge in [-0.05, 0) is 24.3 Å². The lowest BCUT2D eigenvalue weighted by Gasteiger charge is -2.00. The molecular weight excluding hydrogens is 228 g/mol. The molecule has 0 aromatic carbocycles. The summed E-state index contributed by atoms with van der Waals surface area (Å²) in [4.78, 5) is 0. The average Bonchev–Trinajstić information content (AvgIpc) is 2.11. The minimum atomic E-state index is -2.75. The van der Waals surface area contributed by atoms with Crippen LogP contribution in [0.4, 0.5) is 0 Å². The second-order valence-corrected chi connectivity index (χ2v) is 6.82. The number of hydrogen-bond acceptors (Lipinski definition) is 3. The molecule has 0 aromatic heterocycles. The van der Waals surface area contributed by atoms with Gasteiger partial charge in [0, 0.05) is 11.6 Å². The van der Waals surface area contributed by atoms with Crippen LogP contribution in [0.5, 0.6) is 0 Å². The highest BCUT2D eigenvalue weighted by atomic mass is 35.5. The van der Waals surface area contributed by atoms with Crippen molar-refractivity contribution < 1.29 is 8.42 Å². The van der Waals surface area contributed by atoms with Gasteiger partial charge >= 0.3 is 0 Å². The highest BCUT2D eigenvalue weighted by molar-refractivity contribution is 7.99. The first-order valence-electron chi connectivity index (χ1n) is 4.46. The Bertz CT molecular complexity index is 202. The number of hydrogen-bond donors (Lipinski definition) is 0. The molecule has 0 N–H and O–H groups in total. The van der Waals surface area contributed by atoms with E-state index in [-0.39, 0.29) is 5.75 Å². The molecule has 0 heterocycles. The van der Waals surface area contributed by atoms with Gasteiger partial charge in [0.1, 0.15) is 9.84 Å². The van der Waals surface area contributed by atoms with Crippen LogP contribution in [0.15, 0.2) is 0 Å². The molecule has 0 fully saturated rings. The van der Waals surface area contributed by atoms with Crippen LogP contribution in [-0.2, 0) is 9.84 Å². The maximum atomic E-state index is 11.1. The molecule has 0 saturated heterocycles. The van der Waals surface area contributed by atoms with Crippen LogP contribution in [0.25, 0.3) is 0 Å². The molecule has 0 bridgehead atoms. The topological polar surface area (TPSA) is 34.1 Å². The smallest absolute Gasteiger partial charge is 0.150 e. The average molecular weight is 245 g/mol. The van der Waals surface area contributed by atoms with E-state index in [0.29, 0.717) is 11.6 Å². The highest BCUT2D eigenvalue weighted by Crippen LogP contribution is 2.06. The summed E-state index contributed by atoms with van der Waals surface area (Å²) in [5, 5.41) is 0. The number of rotatable bonds is 8. The summed E-state index contributed by atoms with van der Waals surface area (Å²) in [5.74, 6) is 3.25. The van der Waals surface area contributed by atoms with Crippen LogP contribution in [-0.4, -0.2) is 37.3 Å². The zero-order valence-electron chi connectivity index (χ0n) is 7.96. The van der Waals surface area contributed by atoms with E-state index in [1.54, 1.807) is 18.7 Å². The molecule has 0 atom stereocenters. The van der Waals surface area contributed by atoms with E-state index in [1.165, 1.54) is 0 Å². The maximum Gasteiger partial charge on any atom is 0.150 e. The molecular formula is C8H17ClO2S2. The van der Waals surface area contributed by atoms with Gasteiger partial charge < -0.3 is 0 Å². The minimum Gasteiger partial charge on any atom is -0.229 e. The molecule has 0 aliphatic heterocycles. The predicted octanol–water partition coefficient (Wildman–Crippen LogP) is 2.17. The van der Waals surface area contributed by atoms with Crippen LogP contribution in [0.1, 0.15) is 19.8 Å². The van der Waals surface area contributed by atoms with Gasteiger partial charge in [0.25, 0.3) is 0 Å². The minimum absolute atomic E-state index is 0.263. The first-order valence-corrected chi connectivity index (χ1v) is 7.97. The second-order valence-electron chi connectivity index (χ2n) is 2.74. The lowest BCUT2D eigenvalue weighted by molar-refractivity contribution is 0.596. The molecule has 80 valence electrons. The Labute approximate surface area is 90.3 Å². The van der Waals surface area contributed by atoms with E-state index in [0.717, 1.165) is 24.3 Å². The van der Waals surface area contributed by atoms with Crippen LogP contribution < -0.4 is 0 Å². The van der Waals surface area contributed by atoms with Crippen molar-refractivity contribution in [1.29, 1.82) is 0 Å². The van der Waals surface area contributed by atoms with Crippen molar-refractivity contribution in [1.82, 2.24) is 0 Å². The molecule has 0 radical (unpaired) electrons. The molecule has 0 saturated carbocycles. The lowest BCUT2D eigenvalue weighted by atomic mass is 10.6. The molecule has 2 nitrogen and oxygen atoms in total. The van der Waals surface area contributed by atoms with Gasteiger partial charge in [-0.25, -0.2) is 8.42 Å². The lowest BCUT2D eigenvalue weighted by Crippen LogP contribution is -2.09. The molecule has 0 aliphatic carbocycles. The monoisotopic (exact) mass is 244 g/mol. The first kappa shape index (κ1) is 13.6. The van der Waals surface area contributed by atoms with Gasteiger partial charge in [-0.1, -0.05) is 6.92 Å². The van der Waals surface area contributed by atoms with E-state index >= 15 is 0 Å². The molecule has 5 heteroatoms. The van der Waals surface area contributed by atoms with E-state index in [2.05, 4.69) is 0 Å². The Morgan fingerprint density at radius 1 is 1.23 bits per heavy atom. The van der Waals surface area contributed by atoms with E-state index < -0.39 is 9.84 Å². The molecule has 0 aliphatic rings. The first-order chi connectivity index (χ1) is 6.12. The zero-order valence-corrected chi connectivity index (χ0v) is 10.3. The molecule has 13 heavy (non-hydrogen) atoms. The summed E-state index contributed by atoms with van der Waals surface area (Å²) in [6.45, 7) is 1.69. The Morgan fingerprint density at radius 3 is 2.38 bits per heavy atom. The van der Waals surface area contributed by atoms with E-state index in [4.69, 9.17) is 11.6 Å². The fourth-order valence-electron chi connectivity index (χ4n) is 0.784. The summed E-state index contributed by atoms with van der Waals surface area (Å²) in [6, 6.07) is 0. The standard InChI is InChI=1S/C8H17ClO2S2/c1-2-13(10,11)8-4-7-12-6-3-5-9/h2-8H2,1H3. The molecule has 0 unspecified atom stereocenters. The molecule has 0 amide bonds. The Kier molecular flexibility index (Phi) is 8.31. The van der Waals surface area contributed by atoms with Crippen molar-refractivity contribution >= 4 is 33.2 Å². The molecule has 0 aromatic rings. The van der Waals surface area contributed by atoms with Crippen LogP contribution in [0.3, 0.4) is 0 Å². The van der Waals surface area contributed by atoms with Gasteiger partial charge in [0.2, 0.25) is 0 Å². The van der Waals surface area contributed by atoms with Crippen LogP contribution in [0, 0.1) is 0 Å². The van der Waals surface area contributed by atoms with Gasteiger partial charge in [-0.15, -0.1) is 11.6 Å². The van der Waals surface area contributed by atoms with Crippen molar-refractivity contribution in [2.24, 2.45) is 0 Å². The third-order valence-corrected chi connectivity index (χ3v) is 4.82. The van der Waals surface area contributed by atoms with Crippen molar-refractivity contribution in [3.63, 3.8) is 0 Å². The fraction of sp³-hybridized carbons (Fsp3) is 1.00. The van der Waals surface area contributed by atoms with Gasteiger partial charge in [0.15, 0.2) is 0 Å². The van der Waals surface area contributed by atoms with Gasteiger partial charge in [0.05, 0.1) is 5.75 Å². The maximum absolute atomic E-state index is 11.1. The number of alkyl halides is 1. The van der Waals surface area contributed by atoms with Gasteiger partial charge in [-0.2, -0.15) is 11.8 Å². The van der Waals surface area contributed by atoms with Crippen LogP contribution >= 0.6 is 23.4 Å². The summed E-state index contributed by atoms with van der Waals surface area (Å²) in [5.41, 5.74) is 0. The predicted molar refractivity (Wildman–Crippen MR) is 61.6 cm³/mol. The Hall–Kier alpha value is 0.590. The quantitative estimate of drug-likeness (QED) is 0.485. The molecule has 0 spiro atoms. The van der Waals surface area contributed by atoms with Gasteiger partial charge in [-0.3, -0.25) is 0 Å². The summed E-state index contributed by atoms with van der Waals surface area (Å²) >= 11 is 7.28. The zero-order chi connectivity index (χ0) is 10.2. The SMILES string of the molecule is CCS(=O)(=O)CCCSCCCCl. The number of sulfone groups is 1. The normalized spacial score (nSPS) is 11.8. The third-order valence-electron chi connectivity index (χ3n) is 1.61. The van der Waals surface area contributed by atoms with E-state index in [9.17, 15) is 8.42 Å². The molecule has 0 rings (SSSR count). The Morgan fingerprint density at radius 2 is 1.85 bits per heavy atom. The largest absolute Gasteiger partial charge is 0.229 e. The van der Waals surface area contributed by atoms with Crippen LogP contribution in [0.2, 0.25) is 0 Å². The second kappa shape index (κ2) is 7.94.